The number of urea groups is 1. The monoisotopic (exact) mass is 590 g/mol. The van der Waals surface area contributed by atoms with Gasteiger partial charge in [-0.25, -0.2) is 4.79 Å². The summed E-state index contributed by atoms with van der Waals surface area (Å²) < 4.78 is 12.6. The highest BCUT2D eigenvalue weighted by Gasteiger charge is 2.30. The minimum absolute atomic E-state index is 0.0133. The van der Waals surface area contributed by atoms with Crippen LogP contribution in [0.2, 0.25) is 0 Å². The van der Waals surface area contributed by atoms with E-state index in [1.165, 1.54) is 0 Å². The molecule has 3 aromatic rings. The van der Waals surface area contributed by atoms with Gasteiger partial charge in [-0.2, -0.15) is 0 Å². The second-order valence-corrected chi connectivity index (χ2v) is 11.9. The topological polar surface area (TPSA) is 103 Å². The lowest BCUT2D eigenvalue weighted by atomic mass is 10.0. The Morgan fingerprint density at radius 1 is 1.07 bits per heavy atom. The highest BCUT2D eigenvalue weighted by atomic mass is 16.5. The van der Waals surface area contributed by atoms with E-state index in [-0.39, 0.29) is 30.6 Å². The molecule has 0 spiro atoms. The summed E-state index contributed by atoms with van der Waals surface area (Å²) in [4.78, 5) is 31.1. The van der Waals surface area contributed by atoms with Gasteiger partial charge < -0.3 is 35.0 Å². The van der Waals surface area contributed by atoms with Crippen molar-refractivity contribution < 1.29 is 24.2 Å². The molecule has 0 aromatic heterocycles. The molecule has 0 aliphatic carbocycles. The van der Waals surface area contributed by atoms with Crippen LogP contribution in [0.15, 0.2) is 60.7 Å². The lowest BCUT2D eigenvalue weighted by Crippen LogP contribution is -2.47. The van der Waals surface area contributed by atoms with Crippen LogP contribution in [0, 0.1) is 5.92 Å². The summed E-state index contributed by atoms with van der Waals surface area (Å²) in [6.07, 6.45) is 2.48. The average molecular weight is 591 g/mol. The lowest BCUT2D eigenvalue weighted by molar-refractivity contribution is -0.0137. The highest BCUT2D eigenvalue weighted by molar-refractivity contribution is 6.07. The molecule has 0 radical (unpaired) electrons. The Balaban J connectivity index is 1.63. The maximum atomic E-state index is 14.2. The Morgan fingerprint density at radius 2 is 1.84 bits per heavy atom. The molecule has 3 N–H and O–H groups in total. The predicted octanol–water partition coefficient (Wildman–Crippen LogP) is 5.84. The molecule has 0 fully saturated rings. The maximum Gasteiger partial charge on any atom is 0.323 e. The molecule has 4 atom stereocenters. The van der Waals surface area contributed by atoms with Gasteiger partial charge in [0.25, 0.3) is 5.91 Å². The van der Waals surface area contributed by atoms with Crippen LogP contribution in [-0.2, 0) is 4.74 Å². The minimum Gasteiger partial charge on any atom is -0.490 e. The molecule has 0 saturated carbocycles. The van der Waals surface area contributed by atoms with Crippen molar-refractivity contribution in [3.8, 4) is 5.75 Å². The van der Waals surface area contributed by atoms with E-state index in [9.17, 15) is 14.7 Å². The largest absolute Gasteiger partial charge is 0.490 e. The number of likely N-dealkylation sites (N-methyl/N-ethyl adjacent to an activating group) is 1. The van der Waals surface area contributed by atoms with Crippen LogP contribution in [-0.4, -0.2) is 85.5 Å². The van der Waals surface area contributed by atoms with Gasteiger partial charge in [0.05, 0.1) is 36.1 Å². The van der Waals surface area contributed by atoms with E-state index >= 15 is 0 Å². The summed E-state index contributed by atoms with van der Waals surface area (Å²) >= 11 is 0. The molecule has 1 aliphatic heterocycles. The predicted molar refractivity (Wildman–Crippen MR) is 172 cm³/mol. The second-order valence-electron chi connectivity index (χ2n) is 11.9. The lowest BCUT2D eigenvalue weighted by Gasteiger charge is -2.35. The van der Waals surface area contributed by atoms with Crippen LogP contribution < -0.4 is 15.4 Å². The molecule has 1 aliphatic rings. The smallest absolute Gasteiger partial charge is 0.323 e. The van der Waals surface area contributed by atoms with Gasteiger partial charge in [-0.15, -0.1) is 0 Å². The highest BCUT2D eigenvalue weighted by Crippen LogP contribution is 2.29. The van der Waals surface area contributed by atoms with Gasteiger partial charge in [0.1, 0.15) is 5.75 Å². The fourth-order valence-electron chi connectivity index (χ4n) is 5.44. The van der Waals surface area contributed by atoms with Crippen LogP contribution in [0.5, 0.6) is 5.75 Å². The number of ether oxygens (including phenoxy) is 2. The molecule has 9 nitrogen and oxygen atoms in total. The Bertz CT molecular complexity index is 1370. The number of nitrogens with one attached hydrogen (secondary N) is 2. The molecule has 0 bridgehead atoms. The van der Waals surface area contributed by atoms with Crippen molar-refractivity contribution >= 4 is 34.1 Å². The number of anilines is 2. The van der Waals surface area contributed by atoms with Crippen molar-refractivity contribution in [3.05, 3.63) is 66.2 Å². The van der Waals surface area contributed by atoms with Crippen LogP contribution in [0.1, 0.15) is 50.4 Å². The molecule has 0 saturated heterocycles. The summed E-state index contributed by atoms with van der Waals surface area (Å²) in [5.41, 5.74) is 1.48. The molecule has 0 unspecified atom stereocenters. The minimum atomic E-state index is -0.431. The molecule has 9 heteroatoms. The molecule has 3 amide bonds. The van der Waals surface area contributed by atoms with E-state index < -0.39 is 12.1 Å². The normalized spacial score (nSPS) is 21.0. The fraction of sp³-hybridized carbons (Fsp3) is 0.471. The third kappa shape index (κ3) is 8.69. The Morgan fingerprint density at radius 3 is 2.60 bits per heavy atom. The number of hydrogen-bond donors (Lipinski definition) is 3. The first-order valence-corrected chi connectivity index (χ1v) is 15.2. The SMILES string of the molecule is C[C@H]1CCCCO[C@@H](CN(C)C)[C@@H](C)CN([C@@H](C)CO)C(=O)c2cc(NC(=O)Nc3cccc4ccccc34)ccc2O1. The van der Waals surface area contributed by atoms with Crippen molar-refractivity contribution in [2.24, 2.45) is 5.92 Å². The molecule has 43 heavy (non-hydrogen) atoms. The molecule has 4 rings (SSSR count). The number of nitrogens with zero attached hydrogens (tertiary/aromatic N) is 2. The van der Waals surface area contributed by atoms with Gasteiger partial charge in [0.2, 0.25) is 0 Å². The van der Waals surface area contributed by atoms with Gasteiger partial charge >= 0.3 is 6.03 Å². The quantitative estimate of drug-likeness (QED) is 0.333. The van der Waals surface area contributed by atoms with Gasteiger partial charge in [-0.1, -0.05) is 43.3 Å². The summed E-state index contributed by atoms with van der Waals surface area (Å²) in [5, 5.41) is 17.9. The van der Waals surface area contributed by atoms with Gasteiger partial charge in [-0.3, -0.25) is 4.79 Å². The number of fused-ring (bicyclic) bond motifs is 2. The van der Waals surface area contributed by atoms with E-state index in [4.69, 9.17) is 9.47 Å². The number of carbonyl (C=O) groups excluding carboxylic acids is 2. The number of benzene rings is 3. The van der Waals surface area contributed by atoms with Crippen molar-refractivity contribution in [3.63, 3.8) is 0 Å². The molecule has 1 heterocycles. The Kier molecular flexibility index (Phi) is 11.4. The van der Waals surface area contributed by atoms with Crippen LogP contribution >= 0.6 is 0 Å². The van der Waals surface area contributed by atoms with E-state index in [1.54, 1.807) is 23.1 Å². The first kappa shape index (κ1) is 32.3. The number of hydrogen-bond acceptors (Lipinski definition) is 6. The van der Waals surface area contributed by atoms with Gasteiger partial charge in [0.15, 0.2) is 0 Å². The van der Waals surface area contributed by atoms with E-state index in [0.717, 1.165) is 36.6 Å². The summed E-state index contributed by atoms with van der Waals surface area (Å²) in [6, 6.07) is 17.9. The maximum absolute atomic E-state index is 14.2. The number of carbonyl (C=O) groups is 2. The van der Waals surface area contributed by atoms with E-state index in [0.29, 0.717) is 35.8 Å². The van der Waals surface area contributed by atoms with Gasteiger partial charge in [-0.05, 0) is 76.9 Å². The summed E-state index contributed by atoms with van der Waals surface area (Å²) in [5.74, 6) is 0.201. The third-order valence-corrected chi connectivity index (χ3v) is 7.89. The molecular weight excluding hydrogens is 544 g/mol. The molecular formula is C34H46N4O5. The third-order valence-electron chi connectivity index (χ3n) is 7.89. The van der Waals surface area contributed by atoms with Crippen LogP contribution in [0.3, 0.4) is 0 Å². The van der Waals surface area contributed by atoms with E-state index in [2.05, 4.69) is 22.5 Å². The second kappa shape index (κ2) is 15.2. The number of amides is 3. The number of aliphatic hydroxyl groups is 1. The number of aliphatic hydroxyl groups excluding tert-OH is 1. The Hall–Kier alpha value is -3.66. The summed E-state index contributed by atoms with van der Waals surface area (Å²) in [7, 11) is 4.03. The van der Waals surface area contributed by atoms with Crippen molar-refractivity contribution in [2.75, 3.05) is 51.0 Å². The van der Waals surface area contributed by atoms with Crippen molar-refractivity contribution in [2.45, 2.75) is 58.3 Å². The zero-order chi connectivity index (χ0) is 30.9. The molecule has 3 aromatic carbocycles. The molecule has 232 valence electrons. The summed E-state index contributed by atoms with van der Waals surface area (Å²) in [6.45, 7) is 7.49. The Labute approximate surface area is 255 Å². The average Bonchev–Trinajstić information content (AvgIpc) is 2.98. The zero-order valence-corrected chi connectivity index (χ0v) is 26.0. The standard InChI is InChI=1S/C34H46N4O5/c1-23-20-38(24(2)22-39)33(40)29-19-27(35-34(41)36-30-15-10-13-26-12-6-7-14-28(26)30)16-17-31(29)43-25(3)11-8-9-18-42-32(23)21-37(4)5/h6-7,10,12-17,19,23-25,32,39H,8-9,11,18,20-22H2,1-5H3,(H2,35,36,41)/t23-,24-,25-,32-/m0/s1. The number of rotatable bonds is 6. The van der Waals surface area contributed by atoms with Crippen molar-refractivity contribution in [1.29, 1.82) is 0 Å². The fourth-order valence-corrected chi connectivity index (χ4v) is 5.44. The van der Waals surface area contributed by atoms with Gasteiger partial charge in [0, 0.05) is 36.7 Å². The zero-order valence-electron chi connectivity index (χ0n) is 26.0. The van der Waals surface area contributed by atoms with Crippen molar-refractivity contribution in [1.82, 2.24) is 9.80 Å². The van der Waals surface area contributed by atoms with Crippen LogP contribution in [0.25, 0.3) is 10.8 Å². The first-order chi connectivity index (χ1) is 20.7. The van der Waals surface area contributed by atoms with Crippen LogP contribution in [0.4, 0.5) is 16.2 Å². The first-order valence-electron chi connectivity index (χ1n) is 15.2. The van der Waals surface area contributed by atoms with E-state index in [1.807, 2.05) is 70.4 Å².